The number of rotatable bonds is 1. The Bertz CT molecular complexity index is 441. The molecule has 0 N–H and O–H groups in total. The molecule has 0 aliphatic carbocycles. The summed E-state index contributed by atoms with van der Waals surface area (Å²) in [4.78, 5) is 13.4. The summed E-state index contributed by atoms with van der Waals surface area (Å²) in [6, 6.07) is 6.20. The topological polar surface area (TPSA) is 20.3 Å². The Labute approximate surface area is 107 Å². The fraction of sp³-hybridized carbons (Fsp3) is 0.250. The first-order valence-electron chi connectivity index (χ1n) is 4.97. The van der Waals surface area contributed by atoms with Crippen LogP contribution in [0.3, 0.4) is 0 Å². The summed E-state index contributed by atoms with van der Waals surface area (Å²) in [6.07, 6.45) is 2.75. The van der Waals surface area contributed by atoms with Gasteiger partial charge in [0.05, 0.1) is 3.92 Å². The number of hydrogen-bond donors (Lipinski definition) is 0. The van der Waals surface area contributed by atoms with E-state index in [4.69, 9.17) is 0 Å². The summed E-state index contributed by atoms with van der Waals surface area (Å²) in [5, 5.41) is 0. The Hall–Kier alpha value is -0.910. The van der Waals surface area contributed by atoms with Crippen LogP contribution in [0.25, 0.3) is 5.70 Å². The molecule has 1 heterocycles. The monoisotopic (exact) mass is 331 g/mol. The third kappa shape index (κ3) is 2.11. The van der Waals surface area contributed by atoms with E-state index in [1.807, 2.05) is 6.08 Å². The Morgan fingerprint density at radius 1 is 1.38 bits per heavy atom. The van der Waals surface area contributed by atoms with Crippen molar-refractivity contribution in [1.29, 1.82) is 0 Å². The maximum atomic E-state index is 12.8. The molecule has 0 bridgehead atoms. The van der Waals surface area contributed by atoms with Crippen molar-refractivity contribution in [2.75, 3.05) is 7.05 Å². The minimum absolute atomic E-state index is 0.00629. The molecule has 1 aromatic rings. The minimum atomic E-state index is -0.263. The van der Waals surface area contributed by atoms with Gasteiger partial charge in [0.1, 0.15) is 5.82 Å². The SMILES string of the molecule is CN1C(=O)C(I)CC=C1c1ccc(F)cc1. The fourth-order valence-corrected chi connectivity index (χ4v) is 2.39. The van der Waals surface area contributed by atoms with Crippen LogP contribution in [-0.4, -0.2) is 21.8 Å². The molecule has 0 aromatic heterocycles. The van der Waals surface area contributed by atoms with Crippen molar-refractivity contribution in [3.8, 4) is 0 Å². The fourth-order valence-electron chi connectivity index (χ4n) is 1.71. The Morgan fingerprint density at radius 3 is 2.62 bits per heavy atom. The number of benzene rings is 1. The molecule has 0 radical (unpaired) electrons. The van der Waals surface area contributed by atoms with Crippen molar-refractivity contribution in [3.05, 3.63) is 41.7 Å². The van der Waals surface area contributed by atoms with Crippen molar-refractivity contribution in [2.24, 2.45) is 0 Å². The first-order valence-corrected chi connectivity index (χ1v) is 6.22. The predicted octanol–water partition coefficient (Wildman–Crippen LogP) is 2.83. The number of alkyl halides is 1. The summed E-state index contributed by atoms with van der Waals surface area (Å²) in [6.45, 7) is 0. The summed E-state index contributed by atoms with van der Waals surface area (Å²) >= 11 is 2.14. The molecule has 4 heteroatoms. The van der Waals surface area contributed by atoms with E-state index in [0.29, 0.717) is 0 Å². The maximum Gasteiger partial charge on any atom is 0.240 e. The molecule has 0 spiro atoms. The van der Waals surface area contributed by atoms with Crippen LogP contribution >= 0.6 is 22.6 Å². The molecule has 1 aromatic carbocycles. The van der Waals surface area contributed by atoms with Gasteiger partial charge < -0.3 is 4.90 Å². The first kappa shape index (κ1) is 11.6. The van der Waals surface area contributed by atoms with Crippen LogP contribution in [0.15, 0.2) is 30.3 Å². The molecule has 1 unspecified atom stereocenters. The third-order valence-electron chi connectivity index (χ3n) is 2.62. The van der Waals surface area contributed by atoms with Crippen molar-refractivity contribution >= 4 is 34.2 Å². The van der Waals surface area contributed by atoms with Crippen LogP contribution in [0, 0.1) is 5.82 Å². The van der Waals surface area contributed by atoms with Gasteiger partial charge in [-0.2, -0.15) is 0 Å². The zero-order valence-electron chi connectivity index (χ0n) is 8.78. The molecular formula is C12H11FINO. The van der Waals surface area contributed by atoms with Gasteiger partial charge in [0.2, 0.25) is 5.91 Å². The lowest BCUT2D eigenvalue weighted by Crippen LogP contribution is -2.35. The number of amides is 1. The second-order valence-electron chi connectivity index (χ2n) is 3.70. The molecular weight excluding hydrogens is 320 g/mol. The van der Waals surface area contributed by atoms with E-state index in [-0.39, 0.29) is 15.6 Å². The molecule has 0 fully saturated rings. The van der Waals surface area contributed by atoms with Gasteiger partial charge in [-0.15, -0.1) is 0 Å². The van der Waals surface area contributed by atoms with E-state index >= 15 is 0 Å². The van der Waals surface area contributed by atoms with Gasteiger partial charge in [-0.05, 0) is 36.2 Å². The molecule has 16 heavy (non-hydrogen) atoms. The average Bonchev–Trinajstić information content (AvgIpc) is 2.28. The predicted molar refractivity (Wildman–Crippen MR) is 69.6 cm³/mol. The molecule has 1 aliphatic heterocycles. The average molecular weight is 331 g/mol. The summed E-state index contributed by atoms with van der Waals surface area (Å²) in [7, 11) is 1.75. The van der Waals surface area contributed by atoms with Crippen LogP contribution < -0.4 is 0 Å². The summed E-state index contributed by atoms with van der Waals surface area (Å²) in [5.74, 6) is -0.164. The smallest absolute Gasteiger partial charge is 0.240 e. The zero-order chi connectivity index (χ0) is 11.7. The van der Waals surface area contributed by atoms with Crippen LogP contribution in [0.1, 0.15) is 12.0 Å². The zero-order valence-corrected chi connectivity index (χ0v) is 10.9. The quantitative estimate of drug-likeness (QED) is 0.572. The second kappa shape index (κ2) is 4.53. The maximum absolute atomic E-state index is 12.8. The number of hydrogen-bond acceptors (Lipinski definition) is 1. The van der Waals surface area contributed by atoms with Crippen molar-refractivity contribution in [1.82, 2.24) is 4.90 Å². The minimum Gasteiger partial charge on any atom is -0.314 e. The molecule has 84 valence electrons. The highest BCUT2D eigenvalue weighted by molar-refractivity contribution is 14.1. The number of nitrogens with zero attached hydrogens (tertiary/aromatic N) is 1. The Balaban J connectivity index is 2.34. The summed E-state index contributed by atoms with van der Waals surface area (Å²) < 4.78 is 12.8. The molecule has 0 saturated heterocycles. The highest BCUT2D eigenvalue weighted by Gasteiger charge is 2.26. The van der Waals surface area contributed by atoms with Gasteiger partial charge >= 0.3 is 0 Å². The molecule has 1 atom stereocenters. The molecule has 1 aliphatic rings. The Kier molecular flexibility index (Phi) is 3.28. The lowest BCUT2D eigenvalue weighted by atomic mass is 10.1. The normalized spacial score (nSPS) is 20.9. The van der Waals surface area contributed by atoms with Crippen LogP contribution in [0.2, 0.25) is 0 Å². The second-order valence-corrected chi connectivity index (χ2v) is 5.20. The standard InChI is InChI=1S/C12H11FINO/c1-15-11(7-6-10(14)12(15)16)8-2-4-9(13)5-3-8/h2-5,7,10H,6H2,1H3. The third-order valence-corrected chi connectivity index (χ3v) is 3.66. The number of carbonyl (C=O) groups is 1. The molecule has 1 amide bonds. The van der Waals surface area contributed by atoms with E-state index in [9.17, 15) is 9.18 Å². The van der Waals surface area contributed by atoms with Gasteiger partial charge in [-0.3, -0.25) is 4.79 Å². The molecule has 0 saturated carbocycles. The molecule has 2 rings (SSSR count). The van der Waals surface area contributed by atoms with E-state index < -0.39 is 0 Å². The van der Waals surface area contributed by atoms with E-state index in [0.717, 1.165) is 17.7 Å². The van der Waals surface area contributed by atoms with Gasteiger partial charge in [0, 0.05) is 12.7 Å². The van der Waals surface area contributed by atoms with Crippen molar-refractivity contribution in [3.63, 3.8) is 0 Å². The largest absolute Gasteiger partial charge is 0.314 e. The number of carbonyl (C=O) groups excluding carboxylic acids is 1. The van der Waals surface area contributed by atoms with Crippen LogP contribution in [-0.2, 0) is 4.79 Å². The highest BCUT2D eigenvalue weighted by atomic mass is 127. The van der Waals surface area contributed by atoms with Gasteiger partial charge in [-0.1, -0.05) is 28.7 Å². The van der Waals surface area contributed by atoms with Gasteiger partial charge in [-0.25, -0.2) is 4.39 Å². The van der Waals surface area contributed by atoms with Gasteiger partial charge in [0.25, 0.3) is 0 Å². The van der Waals surface area contributed by atoms with Gasteiger partial charge in [0.15, 0.2) is 0 Å². The number of halogens is 2. The Morgan fingerprint density at radius 2 is 2.00 bits per heavy atom. The first-order chi connectivity index (χ1) is 7.59. The van der Waals surface area contributed by atoms with Crippen molar-refractivity contribution < 1.29 is 9.18 Å². The molecule has 2 nitrogen and oxygen atoms in total. The number of allylic oxidation sites excluding steroid dienone is 1. The van der Waals surface area contributed by atoms with E-state index in [1.54, 1.807) is 24.1 Å². The highest BCUT2D eigenvalue weighted by Crippen LogP contribution is 2.27. The van der Waals surface area contributed by atoms with Crippen LogP contribution in [0.4, 0.5) is 4.39 Å². The van der Waals surface area contributed by atoms with Crippen LogP contribution in [0.5, 0.6) is 0 Å². The van der Waals surface area contributed by atoms with E-state index in [2.05, 4.69) is 22.6 Å². The summed E-state index contributed by atoms with van der Waals surface area (Å²) in [5.41, 5.74) is 1.73. The van der Waals surface area contributed by atoms with E-state index in [1.165, 1.54) is 12.1 Å². The van der Waals surface area contributed by atoms with Crippen molar-refractivity contribution in [2.45, 2.75) is 10.3 Å². The lowest BCUT2D eigenvalue weighted by Gasteiger charge is -2.27. The lowest BCUT2D eigenvalue weighted by molar-refractivity contribution is -0.126.